The van der Waals surface area contributed by atoms with Crippen LogP contribution in [-0.2, 0) is 0 Å². The van der Waals surface area contributed by atoms with E-state index in [1.54, 1.807) is 13.0 Å². The minimum atomic E-state index is -4.43. The van der Waals surface area contributed by atoms with E-state index in [1.165, 1.54) is 22.3 Å². The molecule has 152 valence electrons. The fourth-order valence-corrected chi connectivity index (χ4v) is 4.63. The third-order valence-electron chi connectivity index (χ3n) is 5.43. The van der Waals surface area contributed by atoms with Crippen molar-refractivity contribution in [2.45, 2.75) is 44.4 Å². The molecule has 1 aliphatic carbocycles. The fraction of sp³-hybridized carbons (Fsp3) is 0.421. The molecular formula is C19H17F3N4O2S. The van der Waals surface area contributed by atoms with Crippen LogP contribution in [0.1, 0.15) is 41.5 Å². The number of nitrogens with zero attached hydrogens (tertiary/aromatic N) is 4. The van der Waals surface area contributed by atoms with Crippen molar-refractivity contribution in [2.24, 2.45) is 5.92 Å². The van der Waals surface area contributed by atoms with Gasteiger partial charge in [0.15, 0.2) is 17.5 Å². The number of carbonyl (C=O) groups is 1. The van der Waals surface area contributed by atoms with E-state index in [0.29, 0.717) is 11.5 Å². The van der Waals surface area contributed by atoms with Crippen LogP contribution in [0.25, 0.3) is 10.6 Å². The summed E-state index contributed by atoms with van der Waals surface area (Å²) < 4.78 is 47.4. The predicted octanol–water partition coefficient (Wildman–Crippen LogP) is 4.84. The first-order valence-corrected chi connectivity index (χ1v) is 10.2. The Morgan fingerprint density at radius 2 is 2.10 bits per heavy atom. The van der Waals surface area contributed by atoms with Gasteiger partial charge in [0, 0.05) is 18.2 Å². The molecule has 1 saturated carbocycles. The lowest BCUT2D eigenvalue weighted by atomic mass is 9.97. The van der Waals surface area contributed by atoms with Crippen LogP contribution >= 0.6 is 11.3 Å². The lowest BCUT2D eigenvalue weighted by molar-refractivity contribution is -0.174. The highest BCUT2D eigenvalue weighted by atomic mass is 32.1. The quantitative estimate of drug-likeness (QED) is 0.606. The summed E-state index contributed by atoms with van der Waals surface area (Å²) in [6.45, 7) is 1.62. The second-order valence-electron chi connectivity index (χ2n) is 7.52. The molecule has 10 heteroatoms. The number of hydrogen-bond donors (Lipinski definition) is 0. The molecule has 0 aromatic carbocycles. The SMILES string of the molecule is Cc1cc2n(n1)[C@@H](C(F)(F)F)C[C@@H](C1CC1)N2C(=O)c1cc(-c2cccs2)on1. The van der Waals surface area contributed by atoms with Crippen molar-refractivity contribution >= 4 is 23.1 Å². The summed E-state index contributed by atoms with van der Waals surface area (Å²) in [7, 11) is 0. The number of anilines is 1. The van der Waals surface area contributed by atoms with Gasteiger partial charge in [0.1, 0.15) is 5.82 Å². The molecule has 2 aliphatic rings. The zero-order valence-electron chi connectivity index (χ0n) is 15.4. The largest absolute Gasteiger partial charge is 0.410 e. The van der Waals surface area contributed by atoms with E-state index in [0.717, 1.165) is 22.4 Å². The molecule has 6 nitrogen and oxygen atoms in total. The second kappa shape index (κ2) is 6.45. The molecule has 0 bridgehead atoms. The molecular weight excluding hydrogens is 405 g/mol. The third-order valence-corrected chi connectivity index (χ3v) is 6.32. The minimum absolute atomic E-state index is 0.0522. The van der Waals surface area contributed by atoms with Gasteiger partial charge in [-0.3, -0.25) is 9.69 Å². The van der Waals surface area contributed by atoms with Crippen molar-refractivity contribution in [3.05, 3.63) is 41.0 Å². The lowest BCUT2D eigenvalue weighted by Crippen LogP contribution is -2.50. The van der Waals surface area contributed by atoms with Gasteiger partial charge in [-0.05, 0) is 43.6 Å². The number of fused-ring (bicyclic) bond motifs is 1. The van der Waals surface area contributed by atoms with Crippen LogP contribution in [0.15, 0.2) is 34.2 Å². The van der Waals surface area contributed by atoms with E-state index in [2.05, 4.69) is 10.3 Å². The van der Waals surface area contributed by atoms with E-state index < -0.39 is 24.2 Å². The number of hydrogen-bond acceptors (Lipinski definition) is 5. The molecule has 4 heterocycles. The maximum atomic E-state index is 13.7. The summed E-state index contributed by atoms with van der Waals surface area (Å²) in [6, 6.07) is 4.50. The maximum Gasteiger partial charge on any atom is 0.410 e. The average Bonchev–Trinajstić information content (AvgIpc) is 3.07. The van der Waals surface area contributed by atoms with Gasteiger partial charge in [-0.2, -0.15) is 18.3 Å². The van der Waals surface area contributed by atoms with Gasteiger partial charge in [0.05, 0.1) is 10.6 Å². The van der Waals surface area contributed by atoms with Crippen molar-refractivity contribution in [2.75, 3.05) is 4.90 Å². The van der Waals surface area contributed by atoms with E-state index >= 15 is 0 Å². The molecule has 0 radical (unpaired) electrons. The maximum absolute atomic E-state index is 13.7. The molecule has 0 saturated heterocycles. The first kappa shape index (κ1) is 18.4. The van der Waals surface area contributed by atoms with Crippen LogP contribution in [0.4, 0.5) is 19.0 Å². The number of thiophene rings is 1. The van der Waals surface area contributed by atoms with E-state index in [4.69, 9.17) is 4.52 Å². The number of alkyl halides is 3. The molecule has 29 heavy (non-hydrogen) atoms. The molecule has 1 aliphatic heterocycles. The highest BCUT2D eigenvalue weighted by molar-refractivity contribution is 7.13. The molecule has 0 N–H and O–H groups in total. The van der Waals surface area contributed by atoms with Crippen LogP contribution < -0.4 is 4.90 Å². The molecule has 3 aromatic heterocycles. The Bertz CT molecular complexity index is 1050. The van der Waals surface area contributed by atoms with Crippen LogP contribution in [0.2, 0.25) is 0 Å². The Morgan fingerprint density at radius 3 is 2.76 bits per heavy atom. The van der Waals surface area contributed by atoms with Gasteiger partial charge < -0.3 is 4.52 Å². The normalized spacial score (nSPS) is 22.0. The van der Waals surface area contributed by atoms with Crippen LogP contribution in [-0.4, -0.2) is 33.1 Å². The summed E-state index contributed by atoms with van der Waals surface area (Å²) in [5, 5.41) is 9.82. The number of rotatable bonds is 3. The summed E-state index contributed by atoms with van der Waals surface area (Å²) in [5.74, 6) is 0.214. The predicted molar refractivity (Wildman–Crippen MR) is 99.8 cm³/mol. The number of aryl methyl sites for hydroxylation is 1. The Kier molecular flexibility index (Phi) is 4.09. The van der Waals surface area contributed by atoms with Crippen LogP contribution in [0.5, 0.6) is 0 Å². The van der Waals surface area contributed by atoms with Crippen molar-refractivity contribution in [3.63, 3.8) is 0 Å². The Labute approximate surface area is 167 Å². The Morgan fingerprint density at radius 1 is 1.31 bits per heavy atom. The number of carbonyl (C=O) groups excluding carboxylic acids is 1. The van der Waals surface area contributed by atoms with Gasteiger partial charge in [-0.1, -0.05) is 11.2 Å². The van der Waals surface area contributed by atoms with Crippen molar-refractivity contribution in [1.29, 1.82) is 0 Å². The second-order valence-corrected chi connectivity index (χ2v) is 8.46. The zero-order chi connectivity index (χ0) is 20.3. The topological polar surface area (TPSA) is 64.2 Å². The molecule has 5 rings (SSSR count). The van der Waals surface area contributed by atoms with Crippen LogP contribution in [0, 0.1) is 12.8 Å². The highest BCUT2D eigenvalue weighted by Crippen LogP contribution is 2.48. The molecule has 0 spiro atoms. The first-order chi connectivity index (χ1) is 13.8. The monoisotopic (exact) mass is 422 g/mol. The smallest absolute Gasteiger partial charge is 0.355 e. The average molecular weight is 422 g/mol. The fourth-order valence-electron chi connectivity index (χ4n) is 3.96. The van der Waals surface area contributed by atoms with Gasteiger partial charge in [0.25, 0.3) is 5.91 Å². The first-order valence-electron chi connectivity index (χ1n) is 9.30. The third kappa shape index (κ3) is 3.15. The Balaban J connectivity index is 1.56. The van der Waals surface area contributed by atoms with Crippen LogP contribution in [0.3, 0.4) is 0 Å². The molecule has 1 amide bonds. The Hall–Kier alpha value is -2.62. The summed E-state index contributed by atoms with van der Waals surface area (Å²) in [5.41, 5.74) is 0.512. The van der Waals surface area contributed by atoms with Crippen molar-refractivity contribution in [1.82, 2.24) is 14.9 Å². The molecule has 2 atom stereocenters. The molecule has 0 unspecified atom stereocenters. The molecule has 1 fully saturated rings. The number of aromatic nitrogens is 3. The summed E-state index contributed by atoms with van der Waals surface area (Å²) >= 11 is 1.45. The van der Waals surface area contributed by atoms with Gasteiger partial charge in [0.2, 0.25) is 0 Å². The summed E-state index contributed by atoms with van der Waals surface area (Å²) in [6.07, 6.45) is -3.02. The van der Waals surface area contributed by atoms with Crippen molar-refractivity contribution in [3.8, 4) is 10.6 Å². The number of amides is 1. The van der Waals surface area contributed by atoms with Gasteiger partial charge >= 0.3 is 6.18 Å². The van der Waals surface area contributed by atoms with E-state index in [9.17, 15) is 18.0 Å². The lowest BCUT2D eigenvalue weighted by Gasteiger charge is -2.40. The highest BCUT2D eigenvalue weighted by Gasteiger charge is 2.53. The van der Waals surface area contributed by atoms with E-state index in [-0.39, 0.29) is 23.9 Å². The van der Waals surface area contributed by atoms with Gasteiger partial charge in [-0.25, -0.2) is 4.68 Å². The van der Waals surface area contributed by atoms with Gasteiger partial charge in [-0.15, -0.1) is 11.3 Å². The minimum Gasteiger partial charge on any atom is -0.355 e. The standard InChI is InChI=1S/C19H17F3N4O2S/c1-10-7-17-25(18(27)12-8-14(28-24-12)15-3-2-6-29-15)13(11-4-5-11)9-16(19(20,21)22)26(17)23-10/h2-3,6-8,11,13,16H,4-5,9H2,1H3/t13-,16+/m0/s1. The zero-order valence-corrected chi connectivity index (χ0v) is 16.2. The van der Waals surface area contributed by atoms with E-state index in [1.807, 2.05) is 17.5 Å². The van der Waals surface area contributed by atoms with Crippen molar-refractivity contribution < 1.29 is 22.5 Å². The number of halogens is 3. The molecule has 3 aromatic rings. The summed E-state index contributed by atoms with van der Waals surface area (Å²) in [4.78, 5) is 15.6.